The SMILES string of the molecule is CC(C)C(O)C(C)(C)COCCO. The molecule has 1 atom stereocenters. The number of rotatable bonds is 6. The quantitative estimate of drug-likeness (QED) is 0.615. The van der Waals surface area contributed by atoms with E-state index in [1.807, 2.05) is 27.7 Å². The third-order valence-corrected chi connectivity index (χ3v) is 2.14. The van der Waals surface area contributed by atoms with Crippen LogP contribution in [-0.4, -0.2) is 36.1 Å². The lowest BCUT2D eigenvalue weighted by molar-refractivity contribution is -0.0497. The third kappa shape index (κ3) is 4.60. The molecular weight excluding hydrogens is 168 g/mol. The van der Waals surface area contributed by atoms with E-state index in [1.165, 1.54) is 0 Å². The number of hydrogen-bond acceptors (Lipinski definition) is 3. The Morgan fingerprint density at radius 3 is 2.23 bits per heavy atom. The van der Waals surface area contributed by atoms with Gasteiger partial charge in [-0.3, -0.25) is 0 Å². The first-order valence-corrected chi connectivity index (χ1v) is 4.78. The van der Waals surface area contributed by atoms with Gasteiger partial charge in [0.05, 0.1) is 25.9 Å². The van der Waals surface area contributed by atoms with Crippen LogP contribution in [0.25, 0.3) is 0 Å². The van der Waals surface area contributed by atoms with E-state index >= 15 is 0 Å². The number of ether oxygens (including phenoxy) is 1. The molecule has 0 spiro atoms. The zero-order valence-electron chi connectivity index (χ0n) is 9.08. The van der Waals surface area contributed by atoms with Gasteiger partial charge in [0.1, 0.15) is 0 Å². The van der Waals surface area contributed by atoms with E-state index in [-0.39, 0.29) is 24.0 Å². The van der Waals surface area contributed by atoms with Crippen LogP contribution in [0.15, 0.2) is 0 Å². The lowest BCUT2D eigenvalue weighted by atomic mass is 9.81. The Labute approximate surface area is 80.7 Å². The molecule has 0 radical (unpaired) electrons. The van der Waals surface area contributed by atoms with Gasteiger partial charge in [0.2, 0.25) is 0 Å². The van der Waals surface area contributed by atoms with E-state index in [0.717, 1.165) is 0 Å². The zero-order valence-corrected chi connectivity index (χ0v) is 9.08. The maximum absolute atomic E-state index is 9.81. The molecule has 80 valence electrons. The van der Waals surface area contributed by atoms with Crippen LogP contribution in [-0.2, 0) is 4.74 Å². The van der Waals surface area contributed by atoms with Crippen LogP contribution in [0, 0.1) is 11.3 Å². The monoisotopic (exact) mass is 190 g/mol. The normalized spacial score (nSPS) is 15.0. The van der Waals surface area contributed by atoms with Crippen LogP contribution >= 0.6 is 0 Å². The first kappa shape index (κ1) is 12.9. The number of aliphatic hydroxyl groups excluding tert-OH is 2. The summed E-state index contributed by atoms with van der Waals surface area (Å²) in [6.45, 7) is 8.76. The molecule has 0 aliphatic heterocycles. The third-order valence-electron chi connectivity index (χ3n) is 2.14. The molecule has 0 aromatic heterocycles. The van der Waals surface area contributed by atoms with Gasteiger partial charge >= 0.3 is 0 Å². The molecule has 0 amide bonds. The molecule has 2 N–H and O–H groups in total. The van der Waals surface area contributed by atoms with Gasteiger partial charge in [-0.05, 0) is 5.92 Å². The highest BCUT2D eigenvalue weighted by molar-refractivity contribution is 4.79. The predicted octanol–water partition coefficient (Wildman–Crippen LogP) is 1.04. The number of hydrogen-bond donors (Lipinski definition) is 2. The fraction of sp³-hybridized carbons (Fsp3) is 1.00. The average Bonchev–Trinajstić information content (AvgIpc) is 2.03. The topological polar surface area (TPSA) is 49.7 Å². The van der Waals surface area contributed by atoms with Crippen molar-refractivity contribution in [1.29, 1.82) is 0 Å². The van der Waals surface area contributed by atoms with Crippen molar-refractivity contribution < 1.29 is 14.9 Å². The fourth-order valence-corrected chi connectivity index (χ4v) is 1.39. The molecule has 13 heavy (non-hydrogen) atoms. The van der Waals surface area contributed by atoms with Crippen LogP contribution in [0.4, 0.5) is 0 Å². The van der Waals surface area contributed by atoms with E-state index in [0.29, 0.717) is 13.2 Å². The van der Waals surface area contributed by atoms with Gasteiger partial charge in [0.15, 0.2) is 0 Å². The van der Waals surface area contributed by atoms with Crippen molar-refractivity contribution in [3.05, 3.63) is 0 Å². The summed E-state index contributed by atoms with van der Waals surface area (Å²) in [7, 11) is 0. The minimum atomic E-state index is -0.369. The Morgan fingerprint density at radius 1 is 1.31 bits per heavy atom. The average molecular weight is 190 g/mol. The summed E-state index contributed by atoms with van der Waals surface area (Å²) in [4.78, 5) is 0. The summed E-state index contributed by atoms with van der Waals surface area (Å²) in [6, 6.07) is 0. The molecule has 0 heterocycles. The van der Waals surface area contributed by atoms with Crippen LogP contribution in [0.3, 0.4) is 0 Å². The molecule has 0 aliphatic rings. The largest absolute Gasteiger partial charge is 0.394 e. The summed E-state index contributed by atoms with van der Waals surface area (Å²) in [5.41, 5.74) is -0.247. The lowest BCUT2D eigenvalue weighted by Gasteiger charge is -2.32. The predicted molar refractivity (Wildman–Crippen MR) is 52.5 cm³/mol. The van der Waals surface area contributed by atoms with E-state index in [1.54, 1.807) is 0 Å². The second-order valence-corrected chi connectivity index (χ2v) is 4.45. The van der Waals surface area contributed by atoms with E-state index in [4.69, 9.17) is 9.84 Å². The molecule has 0 rings (SSSR count). The highest BCUT2D eigenvalue weighted by Crippen LogP contribution is 2.26. The Kier molecular flexibility index (Phi) is 5.53. The second-order valence-electron chi connectivity index (χ2n) is 4.45. The van der Waals surface area contributed by atoms with Gasteiger partial charge in [-0.15, -0.1) is 0 Å². The molecule has 0 aliphatic carbocycles. The van der Waals surface area contributed by atoms with Crippen molar-refractivity contribution in [1.82, 2.24) is 0 Å². The lowest BCUT2D eigenvalue weighted by Crippen LogP contribution is -2.37. The van der Waals surface area contributed by atoms with Crippen LogP contribution in [0.1, 0.15) is 27.7 Å². The summed E-state index contributed by atoms with van der Waals surface area (Å²) >= 11 is 0. The zero-order chi connectivity index (χ0) is 10.5. The highest BCUT2D eigenvalue weighted by Gasteiger charge is 2.30. The Balaban J connectivity index is 3.91. The molecule has 0 bridgehead atoms. The first-order valence-electron chi connectivity index (χ1n) is 4.78. The van der Waals surface area contributed by atoms with Crippen LogP contribution < -0.4 is 0 Å². The Hall–Kier alpha value is -0.120. The van der Waals surface area contributed by atoms with Gasteiger partial charge in [0, 0.05) is 5.41 Å². The van der Waals surface area contributed by atoms with Crippen molar-refractivity contribution in [2.24, 2.45) is 11.3 Å². The van der Waals surface area contributed by atoms with Crippen molar-refractivity contribution in [3.8, 4) is 0 Å². The molecular formula is C10H22O3. The van der Waals surface area contributed by atoms with Gasteiger partial charge in [0.25, 0.3) is 0 Å². The minimum absolute atomic E-state index is 0.0356. The van der Waals surface area contributed by atoms with Gasteiger partial charge < -0.3 is 14.9 Å². The smallest absolute Gasteiger partial charge is 0.0697 e. The first-order chi connectivity index (χ1) is 5.91. The maximum atomic E-state index is 9.81. The fourth-order valence-electron chi connectivity index (χ4n) is 1.39. The Morgan fingerprint density at radius 2 is 1.85 bits per heavy atom. The molecule has 0 aromatic carbocycles. The van der Waals surface area contributed by atoms with E-state index < -0.39 is 0 Å². The van der Waals surface area contributed by atoms with E-state index in [9.17, 15) is 5.11 Å². The van der Waals surface area contributed by atoms with Gasteiger partial charge in [-0.25, -0.2) is 0 Å². The molecule has 0 saturated carbocycles. The van der Waals surface area contributed by atoms with E-state index in [2.05, 4.69) is 0 Å². The van der Waals surface area contributed by atoms with Crippen molar-refractivity contribution >= 4 is 0 Å². The van der Waals surface area contributed by atoms with Crippen molar-refractivity contribution in [3.63, 3.8) is 0 Å². The number of aliphatic hydroxyl groups is 2. The molecule has 0 aromatic rings. The summed E-state index contributed by atoms with van der Waals surface area (Å²) in [5.74, 6) is 0.229. The van der Waals surface area contributed by atoms with Gasteiger partial charge in [-0.1, -0.05) is 27.7 Å². The Bertz CT molecular complexity index is 132. The van der Waals surface area contributed by atoms with Crippen LogP contribution in [0.2, 0.25) is 0 Å². The molecule has 0 saturated heterocycles. The summed E-state index contributed by atoms with van der Waals surface area (Å²) < 4.78 is 5.21. The second kappa shape index (κ2) is 5.58. The van der Waals surface area contributed by atoms with Crippen molar-refractivity contribution in [2.75, 3.05) is 19.8 Å². The maximum Gasteiger partial charge on any atom is 0.0697 e. The van der Waals surface area contributed by atoms with Crippen molar-refractivity contribution in [2.45, 2.75) is 33.8 Å². The van der Waals surface area contributed by atoms with Crippen LogP contribution in [0.5, 0.6) is 0 Å². The summed E-state index contributed by atoms with van der Waals surface area (Å²) in [5, 5.41) is 18.3. The highest BCUT2D eigenvalue weighted by atomic mass is 16.5. The molecule has 1 unspecified atom stereocenters. The molecule has 3 heteroatoms. The molecule has 3 nitrogen and oxygen atoms in total. The minimum Gasteiger partial charge on any atom is -0.394 e. The summed E-state index contributed by atoms with van der Waals surface area (Å²) in [6.07, 6.45) is -0.369. The standard InChI is InChI=1S/C10H22O3/c1-8(2)9(12)10(3,4)7-13-6-5-11/h8-9,11-12H,5-7H2,1-4H3. The molecule has 0 fully saturated rings. The van der Waals surface area contributed by atoms with Gasteiger partial charge in [-0.2, -0.15) is 0 Å².